The van der Waals surface area contributed by atoms with Gasteiger partial charge >= 0.3 is 0 Å². The quantitative estimate of drug-likeness (QED) is 0.0796. The lowest BCUT2D eigenvalue weighted by Crippen LogP contribution is -2.45. The molecule has 67 heavy (non-hydrogen) atoms. The number of aromatic nitrogens is 10. The van der Waals surface area contributed by atoms with E-state index in [0.717, 1.165) is 138 Å². The van der Waals surface area contributed by atoms with Gasteiger partial charge in [0.05, 0.1) is 19.9 Å². The third kappa shape index (κ3) is 18.9. The summed E-state index contributed by atoms with van der Waals surface area (Å²) in [5, 5.41) is 0.854. The van der Waals surface area contributed by atoms with Crippen molar-refractivity contribution in [2.45, 2.75) is 37.5 Å². The van der Waals surface area contributed by atoms with Crippen LogP contribution in [0.15, 0.2) is 83.2 Å². The Morgan fingerprint density at radius 3 is 1.40 bits per heavy atom. The Kier molecular flexibility index (Phi) is 22.1. The number of benzene rings is 1. The second-order valence-electron chi connectivity index (χ2n) is 15.9. The van der Waals surface area contributed by atoms with Crippen molar-refractivity contribution < 1.29 is 0 Å². The van der Waals surface area contributed by atoms with Crippen LogP contribution in [-0.4, -0.2) is 164 Å². The second kappa shape index (κ2) is 27.6. The minimum Gasteiger partial charge on any atom is -0.399 e. The molecule has 3 aliphatic heterocycles. The van der Waals surface area contributed by atoms with Gasteiger partial charge in [0.1, 0.15) is 5.15 Å². The van der Waals surface area contributed by atoms with Crippen LogP contribution in [0.3, 0.4) is 0 Å². The first-order chi connectivity index (χ1) is 32.1. The van der Waals surface area contributed by atoms with Gasteiger partial charge in [0.2, 0.25) is 28.4 Å². The molecular formula is C45H59Cl3IN17S. The van der Waals surface area contributed by atoms with Crippen molar-refractivity contribution >= 4 is 92.7 Å². The van der Waals surface area contributed by atoms with Crippen LogP contribution in [0.5, 0.6) is 0 Å². The number of nitrogens with two attached hydrogens (primary N) is 1. The van der Waals surface area contributed by atoms with Crippen molar-refractivity contribution in [3.8, 4) is 0 Å². The molecule has 0 unspecified atom stereocenters. The number of nitrogens with zero attached hydrogens (tertiary/aromatic N) is 16. The fourth-order valence-electron chi connectivity index (χ4n) is 6.33. The molecule has 6 aromatic rings. The predicted octanol–water partition coefficient (Wildman–Crippen LogP) is 7.17. The fourth-order valence-corrected chi connectivity index (χ4v) is 8.00. The average molecular weight is 1100 g/mol. The number of piperazine rings is 3. The summed E-state index contributed by atoms with van der Waals surface area (Å²) < 4.78 is 1.13. The van der Waals surface area contributed by atoms with Gasteiger partial charge in [-0.3, -0.25) is 0 Å². The highest BCUT2D eigenvalue weighted by molar-refractivity contribution is 14.1. The SMILES string of the molecule is Cc1ccnc(Cl)n1.Cc1ccnc(N2CCN(C)CC2)n1.Cc1nc(N2CCN(C)CC2)ncc1I.Cc1nc(N2CCN(C)CC2)ncc1Sc1cccc(N)c1.Clc1ccnc(Cl)n1. The number of rotatable bonds is 5. The van der Waals surface area contributed by atoms with E-state index < -0.39 is 0 Å². The minimum atomic E-state index is 0.178. The van der Waals surface area contributed by atoms with Crippen LogP contribution in [0.2, 0.25) is 15.7 Å². The summed E-state index contributed by atoms with van der Waals surface area (Å²) in [6, 6.07) is 13.2. The zero-order valence-electron chi connectivity index (χ0n) is 39.1. The Morgan fingerprint density at radius 2 is 0.985 bits per heavy atom. The zero-order valence-corrected chi connectivity index (χ0v) is 44.3. The Hall–Kier alpha value is -4.35. The van der Waals surface area contributed by atoms with Gasteiger partial charge in [-0.25, -0.2) is 49.8 Å². The predicted molar refractivity (Wildman–Crippen MR) is 281 cm³/mol. The maximum Gasteiger partial charge on any atom is 0.225 e. The number of hydrogen-bond acceptors (Lipinski definition) is 18. The molecule has 0 saturated carbocycles. The molecule has 1 aromatic carbocycles. The monoisotopic (exact) mass is 1100 g/mol. The van der Waals surface area contributed by atoms with Crippen molar-refractivity contribution in [2.75, 3.05) is 120 Å². The van der Waals surface area contributed by atoms with E-state index in [1.165, 1.54) is 6.20 Å². The van der Waals surface area contributed by atoms with Crippen molar-refractivity contribution in [3.05, 3.63) is 116 Å². The molecule has 3 saturated heterocycles. The maximum absolute atomic E-state index is 5.83. The lowest BCUT2D eigenvalue weighted by molar-refractivity contribution is 0.311. The molecule has 9 rings (SSSR count). The lowest BCUT2D eigenvalue weighted by Gasteiger charge is -2.32. The summed E-state index contributed by atoms with van der Waals surface area (Å²) in [7, 11) is 6.45. The number of hydrogen-bond donors (Lipinski definition) is 1. The van der Waals surface area contributed by atoms with Crippen LogP contribution < -0.4 is 20.4 Å². The fraction of sp³-hybridized carbons (Fsp3) is 0.422. The molecule has 0 bridgehead atoms. The zero-order chi connectivity index (χ0) is 48.3. The molecule has 5 aromatic heterocycles. The number of anilines is 4. The van der Waals surface area contributed by atoms with Gasteiger partial charge in [0.25, 0.3) is 0 Å². The van der Waals surface area contributed by atoms with E-state index >= 15 is 0 Å². The molecule has 8 heterocycles. The largest absolute Gasteiger partial charge is 0.399 e. The summed E-state index contributed by atoms with van der Waals surface area (Å²) in [5.41, 5.74) is 10.6. The van der Waals surface area contributed by atoms with Gasteiger partial charge in [-0.1, -0.05) is 29.4 Å². The molecule has 0 radical (unpaired) electrons. The topological polar surface area (TPSA) is 174 Å². The molecule has 17 nitrogen and oxygen atoms in total. The molecule has 3 fully saturated rings. The Bertz CT molecular complexity index is 2360. The first-order valence-electron chi connectivity index (χ1n) is 21.7. The molecule has 358 valence electrons. The van der Waals surface area contributed by atoms with Crippen molar-refractivity contribution in [1.29, 1.82) is 0 Å². The number of nitrogen functional groups attached to an aromatic ring is 1. The van der Waals surface area contributed by atoms with Gasteiger partial charge in [0.15, 0.2) is 0 Å². The minimum absolute atomic E-state index is 0.178. The highest BCUT2D eigenvalue weighted by Crippen LogP contribution is 2.31. The summed E-state index contributed by atoms with van der Waals surface area (Å²) in [6.45, 7) is 20.5. The Morgan fingerprint density at radius 1 is 0.522 bits per heavy atom. The number of aryl methyl sites for hydroxylation is 4. The summed E-state index contributed by atoms with van der Waals surface area (Å²) in [4.78, 5) is 57.5. The van der Waals surface area contributed by atoms with E-state index in [1.54, 1.807) is 30.1 Å². The van der Waals surface area contributed by atoms with Crippen molar-refractivity contribution in [1.82, 2.24) is 64.5 Å². The molecular weight excluding hydrogens is 1040 g/mol. The van der Waals surface area contributed by atoms with E-state index in [2.05, 4.69) is 129 Å². The van der Waals surface area contributed by atoms with Crippen LogP contribution in [0.1, 0.15) is 22.8 Å². The van der Waals surface area contributed by atoms with Gasteiger partial charge in [-0.2, -0.15) is 0 Å². The van der Waals surface area contributed by atoms with Crippen LogP contribution in [0.25, 0.3) is 0 Å². The number of halogens is 4. The molecule has 2 N–H and O–H groups in total. The van der Waals surface area contributed by atoms with Crippen LogP contribution in [0.4, 0.5) is 23.5 Å². The van der Waals surface area contributed by atoms with Gasteiger partial charge in [-0.05, 0) is 131 Å². The molecule has 0 spiro atoms. The molecule has 22 heteroatoms. The van der Waals surface area contributed by atoms with E-state index in [9.17, 15) is 0 Å². The Balaban J connectivity index is 0.000000165. The highest BCUT2D eigenvalue weighted by Gasteiger charge is 2.19. The average Bonchev–Trinajstić information content (AvgIpc) is 3.30. The molecule has 0 atom stereocenters. The van der Waals surface area contributed by atoms with Crippen LogP contribution in [-0.2, 0) is 0 Å². The van der Waals surface area contributed by atoms with Gasteiger partial charge < -0.3 is 35.1 Å². The van der Waals surface area contributed by atoms with Gasteiger partial charge in [0, 0.05) is 131 Å². The lowest BCUT2D eigenvalue weighted by atomic mass is 10.3. The smallest absolute Gasteiger partial charge is 0.225 e. The van der Waals surface area contributed by atoms with E-state index in [1.807, 2.05) is 70.6 Å². The molecule has 0 amide bonds. The third-order valence-corrected chi connectivity index (χ3v) is 13.2. The molecule has 0 aliphatic carbocycles. The summed E-state index contributed by atoms with van der Waals surface area (Å²) in [5.74, 6) is 2.58. The standard InChI is InChI=1S/C16H21N5S.C10H15IN4.C10H16N4.C5H5ClN2.C4H2Cl2N2/c1-12-15(22-14-5-3-4-13(17)10-14)11-18-16(19-12)21-8-6-20(2)7-9-21;1-8-9(11)7-12-10(13-8)15-5-3-14(2)4-6-15;1-9-3-4-11-10(12-9)14-7-5-13(2)6-8-14;1-4-2-3-7-5(6)8-4;5-3-1-2-7-4(6)8-3/h3-5,10-11H,6-9,17H2,1-2H3;7H,3-6H2,1-2H3;3-4H,5-8H2,1-2H3;2-3H,1H3;1-2H. The van der Waals surface area contributed by atoms with Gasteiger partial charge in [-0.15, -0.1) is 0 Å². The third-order valence-electron chi connectivity index (χ3n) is 10.4. The van der Waals surface area contributed by atoms with E-state index in [-0.39, 0.29) is 5.28 Å². The van der Waals surface area contributed by atoms with Crippen molar-refractivity contribution in [2.24, 2.45) is 0 Å². The first-order valence-corrected chi connectivity index (χ1v) is 24.7. The van der Waals surface area contributed by atoms with Crippen LogP contribution in [0, 0.1) is 31.3 Å². The summed E-state index contributed by atoms with van der Waals surface area (Å²) >= 11 is 20.1. The van der Waals surface area contributed by atoms with E-state index in [0.29, 0.717) is 10.4 Å². The second-order valence-corrected chi connectivity index (χ2v) is 19.2. The normalized spacial score (nSPS) is 15.4. The molecule has 3 aliphatic rings. The highest BCUT2D eigenvalue weighted by atomic mass is 127. The number of likely N-dealkylation sites (N-methyl/N-ethyl adjacent to an activating group) is 3. The van der Waals surface area contributed by atoms with Crippen LogP contribution >= 0.6 is 69.2 Å². The van der Waals surface area contributed by atoms with Crippen molar-refractivity contribution in [3.63, 3.8) is 0 Å². The first kappa shape index (κ1) is 53.6. The summed E-state index contributed by atoms with van der Waals surface area (Å²) in [6.07, 6.45) is 8.78. The maximum atomic E-state index is 5.83. The Labute approximate surface area is 427 Å². The van der Waals surface area contributed by atoms with E-state index in [4.69, 9.17) is 40.5 Å².